The molecule has 0 aliphatic heterocycles. The zero-order valence-corrected chi connectivity index (χ0v) is 22.8. The van der Waals surface area contributed by atoms with Crippen LogP contribution in [0, 0.1) is 0 Å². The van der Waals surface area contributed by atoms with E-state index in [2.05, 4.69) is 24.5 Å². The summed E-state index contributed by atoms with van der Waals surface area (Å²) in [4.78, 5) is 0. The zero-order valence-electron chi connectivity index (χ0n) is 22.8. The summed E-state index contributed by atoms with van der Waals surface area (Å²) in [5.74, 6) is 0. The molecular weight excluding hydrogens is 428 g/mol. The standard InChI is InChI=1S/C28H60N2O4/c1-3-5-7-9-11-13-15-17-21-33-25-27(31)23-29-19-20-30-24-28(32)26-34-22-18-16-14-12-10-8-6-4-2/h27-32H,3-26H2,1-2H3. The molecule has 0 aromatic carbocycles. The maximum absolute atomic E-state index is 9.98. The summed E-state index contributed by atoms with van der Waals surface area (Å²) >= 11 is 0. The third kappa shape index (κ3) is 28.0. The molecule has 0 spiro atoms. The van der Waals surface area contributed by atoms with Crippen molar-refractivity contribution in [2.45, 2.75) is 129 Å². The van der Waals surface area contributed by atoms with E-state index < -0.39 is 12.2 Å². The lowest BCUT2D eigenvalue weighted by Crippen LogP contribution is -2.37. The van der Waals surface area contributed by atoms with Crippen molar-refractivity contribution >= 4 is 0 Å². The lowest BCUT2D eigenvalue weighted by molar-refractivity contribution is 0.0339. The summed E-state index contributed by atoms with van der Waals surface area (Å²) in [5, 5.41) is 26.4. The minimum absolute atomic E-state index is 0.395. The molecule has 6 heteroatoms. The predicted octanol–water partition coefficient (Wildman–Crippen LogP) is 5.20. The van der Waals surface area contributed by atoms with Crippen molar-refractivity contribution in [3.8, 4) is 0 Å². The SMILES string of the molecule is CCCCCCCCCCOCC(O)CNCCNCC(O)COCCCCCCCCCC. The van der Waals surface area contributed by atoms with Gasteiger partial charge in [-0.15, -0.1) is 0 Å². The van der Waals surface area contributed by atoms with Gasteiger partial charge in [-0.05, 0) is 12.8 Å². The van der Waals surface area contributed by atoms with Gasteiger partial charge in [0.25, 0.3) is 0 Å². The van der Waals surface area contributed by atoms with Crippen molar-refractivity contribution in [2.75, 3.05) is 52.6 Å². The molecule has 2 unspecified atom stereocenters. The monoisotopic (exact) mass is 488 g/mol. The summed E-state index contributed by atoms with van der Waals surface area (Å²) < 4.78 is 11.2. The van der Waals surface area contributed by atoms with E-state index in [0.717, 1.165) is 39.1 Å². The van der Waals surface area contributed by atoms with Crippen LogP contribution in [0.3, 0.4) is 0 Å². The Morgan fingerprint density at radius 3 is 1.18 bits per heavy atom. The Morgan fingerprint density at radius 2 is 0.824 bits per heavy atom. The molecule has 4 N–H and O–H groups in total. The van der Waals surface area contributed by atoms with Crippen LogP contribution in [0.2, 0.25) is 0 Å². The molecular formula is C28H60N2O4. The first kappa shape index (κ1) is 33.8. The van der Waals surface area contributed by atoms with Crippen LogP contribution in [-0.2, 0) is 9.47 Å². The highest BCUT2D eigenvalue weighted by atomic mass is 16.5. The van der Waals surface area contributed by atoms with E-state index >= 15 is 0 Å². The molecule has 34 heavy (non-hydrogen) atoms. The van der Waals surface area contributed by atoms with Crippen LogP contribution < -0.4 is 10.6 Å². The lowest BCUT2D eigenvalue weighted by atomic mass is 10.1. The summed E-state index contributed by atoms with van der Waals surface area (Å²) in [7, 11) is 0. The molecule has 0 radical (unpaired) electrons. The van der Waals surface area contributed by atoms with Gasteiger partial charge in [-0.2, -0.15) is 0 Å². The molecule has 0 rings (SSSR count). The van der Waals surface area contributed by atoms with Crippen LogP contribution in [0.1, 0.15) is 117 Å². The first-order valence-corrected chi connectivity index (χ1v) is 14.6. The van der Waals surface area contributed by atoms with Gasteiger partial charge < -0.3 is 30.3 Å². The maximum Gasteiger partial charge on any atom is 0.0897 e. The molecule has 0 saturated heterocycles. The van der Waals surface area contributed by atoms with Crippen molar-refractivity contribution in [1.82, 2.24) is 10.6 Å². The van der Waals surface area contributed by atoms with Gasteiger partial charge in [0.2, 0.25) is 0 Å². The molecule has 6 nitrogen and oxygen atoms in total. The normalized spacial score (nSPS) is 13.4. The minimum Gasteiger partial charge on any atom is -0.389 e. The summed E-state index contributed by atoms with van der Waals surface area (Å²) in [6.45, 7) is 9.34. The number of hydrogen-bond donors (Lipinski definition) is 4. The lowest BCUT2D eigenvalue weighted by Gasteiger charge is -2.14. The highest BCUT2D eigenvalue weighted by molar-refractivity contribution is 4.62. The molecule has 0 aliphatic carbocycles. The fourth-order valence-electron chi connectivity index (χ4n) is 3.95. The topological polar surface area (TPSA) is 83.0 Å². The average Bonchev–Trinajstić information content (AvgIpc) is 2.83. The molecule has 0 aromatic heterocycles. The third-order valence-electron chi connectivity index (χ3n) is 6.14. The largest absolute Gasteiger partial charge is 0.389 e. The van der Waals surface area contributed by atoms with Gasteiger partial charge in [0.05, 0.1) is 25.4 Å². The molecule has 0 bridgehead atoms. The van der Waals surface area contributed by atoms with Gasteiger partial charge in [-0.1, -0.05) is 104 Å². The number of ether oxygens (including phenoxy) is 2. The highest BCUT2D eigenvalue weighted by Crippen LogP contribution is 2.09. The molecule has 0 aromatic rings. The zero-order chi connectivity index (χ0) is 25.0. The average molecular weight is 489 g/mol. The second-order valence-electron chi connectivity index (χ2n) is 9.82. The van der Waals surface area contributed by atoms with Crippen LogP contribution in [0.15, 0.2) is 0 Å². The number of unbranched alkanes of at least 4 members (excludes halogenated alkanes) is 14. The molecule has 0 amide bonds. The van der Waals surface area contributed by atoms with Gasteiger partial charge in [0, 0.05) is 39.4 Å². The minimum atomic E-state index is -0.468. The molecule has 2 atom stereocenters. The Labute approximate surface area is 212 Å². The van der Waals surface area contributed by atoms with E-state index in [9.17, 15) is 10.2 Å². The predicted molar refractivity (Wildman–Crippen MR) is 145 cm³/mol. The van der Waals surface area contributed by atoms with Crippen molar-refractivity contribution in [1.29, 1.82) is 0 Å². The van der Waals surface area contributed by atoms with Crippen LogP contribution in [-0.4, -0.2) is 75.0 Å². The van der Waals surface area contributed by atoms with Crippen LogP contribution in [0.25, 0.3) is 0 Å². The van der Waals surface area contributed by atoms with Crippen molar-refractivity contribution in [3.63, 3.8) is 0 Å². The van der Waals surface area contributed by atoms with E-state index in [0.29, 0.717) is 26.3 Å². The highest BCUT2D eigenvalue weighted by Gasteiger charge is 2.05. The maximum atomic E-state index is 9.98. The molecule has 0 aliphatic rings. The van der Waals surface area contributed by atoms with E-state index in [-0.39, 0.29) is 0 Å². The Hall–Kier alpha value is -0.240. The second kappa shape index (κ2) is 29.0. The van der Waals surface area contributed by atoms with E-state index in [4.69, 9.17) is 9.47 Å². The first-order chi connectivity index (χ1) is 16.7. The number of aliphatic hydroxyl groups excluding tert-OH is 2. The van der Waals surface area contributed by atoms with Gasteiger partial charge in [-0.3, -0.25) is 0 Å². The van der Waals surface area contributed by atoms with Crippen LogP contribution >= 0.6 is 0 Å². The summed E-state index contributed by atoms with van der Waals surface area (Å²) in [6.07, 6.45) is 19.8. The fourth-order valence-corrected chi connectivity index (χ4v) is 3.95. The van der Waals surface area contributed by atoms with Crippen molar-refractivity contribution in [3.05, 3.63) is 0 Å². The Morgan fingerprint density at radius 1 is 0.500 bits per heavy atom. The summed E-state index contributed by atoms with van der Waals surface area (Å²) in [5.41, 5.74) is 0. The van der Waals surface area contributed by atoms with Crippen LogP contribution in [0.4, 0.5) is 0 Å². The molecule has 0 saturated carbocycles. The smallest absolute Gasteiger partial charge is 0.0897 e. The molecule has 0 heterocycles. The van der Waals surface area contributed by atoms with Crippen LogP contribution in [0.5, 0.6) is 0 Å². The van der Waals surface area contributed by atoms with Gasteiger partial charge in [-0.25, -0.2) is 0 Å². The van der Waals surface area contributed by atoms with Gasteiger partial charge in [0.1, 0.15) is 0 Å². The van der Waals surface area contributed by atoms with Crippen molar-refractivity contribution in [2.24, 2.45) is 0 Å². The van der Waals surface area contributed by atoms with Crippen molar-refractivity contribution < 1.29 is 19.7 Å². The number of hydrogen-bond acceptors (Lipinski definition) is 6. The Bertz CT molecular complexity index is 340. The molecule has 206 valence electrons. The van der Waals surface area contributed by atoms with Gasteiger partial charge in [0.15, 0.2) is 0 Å². The number of rotatable bonds is 29. The van der Waals surface area contributed by atoms with E-state index in [1.165, 1.54) is 89.9 Å². The fraction of sp³-hybridized carbons (Fsp3) is 1.00. The third-order valence-corrected chi connectivity index (χ3v) is 6.14. The number of aliphatic hydroxyl groups is 2. The second-order valence-corrected chi connectivity index (χ2v) is 9.82. The van der Waals surface area contributed by atoms with E-state index in [1.807, 2.05) is 0 Å². The quantitative estimate of drug-likeness (QED) is 0.108. The number of nitrogens with one attached hydrogen (secondary N) is 2. The molecule has 0 fully saturated rings. The summed E-state index contributed by atoms with van der Waals surface area (Å²) in [6, 6.07) is 0. The van der Waals surface area contributed by atoms with E-state index in [1.54, 1.807) is 0 Å². The van der Waals surface area contributed by atoms with Gasteiger partial charge >= 0.3 is 0 Å². The first-order valence-electron chi connectivity index (χ1n) is 14.6. The Balaban J connectivity index is 3.25. The Kier molecular flexibility index (Phi) is 28.8.